The molecule has 132 valence electrons. The van der Waals surface area contributed by atoms with E-state index in [-0.39, 0.29) is 30.3 Å². The van der Waals surface area contributed by atoms with Gasteiger partial charge >= 0.3 is 6.18 Å². The van der Waals surface area contributed by atoms with Gasteiger partial charge in [0, 0.05) is 24.8 Å². The van der Waals surface area contributed by atoms with E-state index in [1.807, 2.05) is 0 Å². The van der Waals surface area contributed by atoms with Crippen molar-refractivity contribution in [3.63, 3.8) is 0 Å². The summed E-state index contributed by atoms with van der Waals surface area (Å²) in [7, 11) is 0. The number of hydrogen-bond acceptors (Lipinski definition) is 4. The predicted octanol–water partition coefficient (Wildman–Crippen LogP) is 2.01. The Morgan fingerprint density at radius 1 is 1.38 bits per heavy atom. The van der Waals surface area contributed by atoms with Crippen molar-refractivity contribution in [1.82, 2.24) is 10.3 Å². The zero-order valence-corrected chi connectivity index (χ0v) is 13.1. The summed E-state index contributed by atoms with van der Waals surface area (Å²) < 4.78 is 41.1. The van der Waals surface area contributed by atoms with E-state index in [1.54, 1.807) is 6.07 Å². The summed E-state index contributed by atoms with van der Waals surface area (Å²) >= 11 is 0. The maximum absolute atomic E-state index is 12.4. The largest absolute Gasteiger partial charge is 0.468 e. The number of rotatable bonds is 5. The molecule has 1 amide bonds. The Morgan fingerprint density at radius 2 is 2.12 bits per heavy atom. The van der Waals surface area contributed by atoms with Gasteiger partial charge < -0.3 is 15.8 Å². The smallest absolute Gasteiger partial charge is 0.422 e. The summed E-state index contributed by atoms with van der Waals surface area (Å²) in [5.74, 6) is 0.439. The van der Waals surface area contributed by atoms with Gasteiger partial charge in [0.05, 0.1) is 5.92 Å². The molecule has 3 N–H and O–H groups in total. The summed E-state index contributed by atoms with van der Waals surface area (Å²) in [5, 5.41) is 2.83. The fourth-order valence-electron chi connectivity index (χ4n) is 3.83. The summed E-state index contributed by atoms with van der Waals surface area (Å²) in [4.78, 5) is 16.1. The van der Waals surface area contributed by atoms with Crippen LogP contribution in [-0.4, -0.2) is 29.7 Å². The molecule has 1 heterocycles. The monoisotopic (exact) mass is 343 g/mol. The highest BCUT2D eigenvalue weighted by Gasteiger charge is 2.48. The summed E-state index contributed by atoms with van der Waals surface area (Å²) in [6.45, 7) is -1.18. The van der Waals surface area contributed by atoms with Gasteiger partial charge in [0.1, 0.15) is 0 Å². The molecule has 3 rings (SSSR count). The highest BCUT2D eigenvalue weighted by molar-refractivity contribution is 5.80. The summed E-state index contributed by atoms with van der Waals surface area (Å²) in [6, 6.07) is 2.93. The molecule has 1 aromatic heterocycles. The fourth-order valence-corrected chi connectivity index (χ4v) is 3.83. The van der Waals surface area contributed by atoms with Crippen molar-refractivity contribution >= 4 is 5.91 Å². The number of alkyl halides is 3. The molecule has 2 aliphatic rings. The number of halogens is 3. The number of hydrogen-bond donors (Lipinski definition) is 2. The van der Waals surface area contributed by atoms with Gasteiger partial charge in [-0.1, -0.05) is 0 Å². The van der Waals surface area contributed by atoms with Crippen LogP contribution in [0, 0.1) is 17.8 Å². The highest BCUT2D eigenvalue weighted by atomic mass is 19.4. The van der Waals surface area contributed by atoms with Crippen LogP contribution in [0.15, 0.2) is 18.3 Å². The Kier molecular flexibility index (Phi) is 4.67. The molecule has 0 radical (unpaired) electrons. The van der Waals surface area contributed by atoms with E-state index in [9.17, 15) is 18.0 Å². The van der Waals surface area contributed by atoms with Gasteiger partial charge in [-0.15, -0.1) is 0 Å². The van der Waals surface area contributed by atoms with Crippen molar-refractivity contribution in [2.75, 3.05) is 6.61 Å². The molecular weight excluding hydrogens is 323 g/mol. The molecule has 0 aromatic carbocycles. The average molecular weight is 343 g/mol. The third-order valence-corrected chi connectivity index (χ3v) is 4.93. The molecule has 2 fully saturated rings. The fraction of sp³-hybridized carbons (Fsp3) is 0.625. The number of amides is 1. The van der Waals surface area contributed by atoms with Crippen molar-refractivity contribution in [3.8, 4) is 5.88 Å². The molecule has 2 saturated carbocycles. The maximum atomic E-state index is 12.4. The van der Waals surface area contributed by atoms with Gasteiger partial charge in [0.2, 0.25) is 11.8 Å². The third kappa shape index (κ3) is 3.80. The summed E-state index contributed by atoms with van der Waals surface area (Å²) in [6.07, 6.45) is 0.102. The summed E-state index contributed by atoms with van der Waals surface area (Å²) in [5.41, 5.74) is 6.77. The zero-order chi connectivity index (χ0) is 17.3. The Morgan fingerprint density at radius 3 is 2.79 bits per heavy atom. The lowest BCUT2D eigenvalue weighted by Crippen LogP contribution is -2.45. The van der Waals surface area contributed by atoms with E-state index >= 15 is 0 Å². The van der Waals surface area contributed by atoms with E-state index in [0.717, 1.165) is 19.3 Å². The predicted molar refractivity (Wildman–Crippen MR) is 79.9 cm³/mol. The topological polar surface area (TPSA) is 77.2 Å². The van der Waals surface area contributed by atoms with Crippen molar-refractivity contribution < 1.29 is 22.7 Å². The van der Waals surface area contributed by atoms with Crippen LogP contribution in [0.25, 0.3) is 0 Å². The first-order valence-electron chi connectivity index (χ1n) is 8.01. The minimum absolute atomic E-state index is 0.0794. The molecule has 4 atom stereocenters. The lowest BCUT2D eigenvalue weighted by Gasteiger charge is -2.27. The first-order valence-corrected chi connectivity index (χ1v) is 8.01. The number of fused-ring (bicyclic) bond motifs is 2. The Bertz CT molecular complexity index is 606. The van der Waals surface area contributed by atoms with E-state index < -0.39 is 12.8 Å². The van der Waals surface area contributed by atoms with Gasteiger partial charge in [-0.05, 0) is 42.7 Å². The van der Waals surface area contributed by atoms with Crippen LogP contribution in [-0.2, 0) is 11.3 Å². The van der Waals surface area contributed by atoms with Crippen LogP contribution in [0.1, 0.15) is 24.8 Å². The number of nitrogens with two attached hydrogens (primary N) is 1. The molecule has 2 bridgehead atoms. The van der Waals surface area contributed by atoms with E-state index in [0.29, 0.717) is 17.4 Å². The van der Waals surface area contributed by atoms with E-state index in [4.69, 9.17) is 5.73 Å². The van der Waals surface area contributed by atoms with E-state index in [1.165, 1.54) is 12.3 Å². The van der Waals surface area contributed by atoms with Crippen LogP contribution in [0.5, 0.6) is 5.88 Å². The molecular formula is C16H20F3N3O2. The minimum Gasteiger partial charge on any atom is -0.468 e. The number of nitrogens with zero attached hydrogens (tertiary/aromatic N) is 1. The van der Waals surface area contributed by atoms with Crippen LogP contribution in [0.4, 0.5) is 13.2 Å². The van der Waals surface area contributed by atoms with Gasteiger partial charge in [0.25, 0.3) is 0 Å². The van der Waals surface area contributed by atoms with Gasteiger partial charge in [-0.2, -0.15) is 13.2 Å². The number of pyridine rings is 1. The van der Waals surface area contributed by atoms with Crippen molar-refractivity contribution in [1.29, 1.82) is 0 Å². The van der Waals surface area contributed by atoms with Crippen LogP contribution in [0.3, 0.4) is 0 Å². The van der Waals surface area contributed by atoms with Crippen molar-refractivity contribution in [2.45, 2.75) is 38.0 Å². The third-order valence-electron chi connectivity index (χ3n) is 4.93. The van der Waals surface area contributed by atoms with Crippen molar-refractivity contribution in [2.24, 2.45) is 23.5 Å². The second-order valence-electron chi connectivity index (χ2n) is 6.56. The molecule has 0 saturated heterocycles. The average Bonchev–Trinajstić information content (AvgIpc) is 3.11. The first kappa shape index (κ1) is 17.0. The number of nitrogens with one attached hydrogen (secondary N) is 1. The highest BCUT2D eigenvalue weighted by Crippen LogP contribution is 2.47. The second-order valence-corrected chi connectivity index (χ2v) is 6.56. The maximum Gasteiger partial charge on any atom is 0.422 e. The number of aromatic nitrogens is 1. The Labute approximate surface area is 137 Å². The van der Waals surface area contributed by atoms with Crippen LogP contribution < -0.4 is 15.8 Å². The van der Waals surface area contributed by atoms with Crippen LogP contribution in [0.2, 0.25) is 0 Å². The SMILES string of the molecule is NC1C2CCC(C2)C1C(=O)NCc1ccnc(OCC(F)(F)F)c1. The Hall–Kier alpha value is -1.83. The number of carbonyl (C=O) groups excluding carboxylic acids is 1. The molecule has 0 aliphatic heterocycles. The zero-order valence-electron chi connectivity index (χ0n) is 13.1. The minimum atomic E-state index is -4.41. The molecule has 0 spiro atoms. The lowest BCUT2D eigenvalue weighted by molar-refractivity contribution is -0.154. The molecule has 1 aromatic rings. The Balaban J connectivity index is 1.54. The first-order chi connectivity index (χ1) is 11.3. The quantitative estimate of drug-likeness (QED) is 0.857. The molecule has 2 aliphatic carbocycles. The van der Waals surface area contributed by atoms with Gasteiger partial charge in [0.15, 0.2) is 6.61 Å². The molecule has 24 heavy (non-hydrogen) atoms. The number of ether oxygens (including phenoxy) is 1. The van der Waals surface area contributed by atoms with Crippen molar-refractivity contribution in [3.05, 3.63) is 23.9 Å². The number of carbonyl (C=O) groups is 1. The van der Waals surface area contributed by atoms with Gasteiger partial charge in [-0.3, -0.25) is 4.79 Å². The molecule has 5 nitrogen and oxygen atoms in total. The van der Waals surface area contributed by atoms with E-state index in [2.05, 4.69) is 15.0 Å². The van der Waals surface area contributed by atoms with Crippen LogP contribution >= 0.6 is 0 Å². The normalized spacial score (nSPS) is 28.8. The second kappa shape index (κ2) is 6.58. The molecule has 4 unspecified atom stereocenters. The molecule has 8 heteroatoms. The lowest BCUT2D eigenvalue weighted by atomic mass is 9.84. The van der Waals surface area contributed by atoms with Gasteiger partial charge in [-0.25, -0.2) is 4.98 Å². The standard InChI is InChI=1S/C16H20F3N3O2/c17-16(18,19)8-24-12-5-9(3-4-21-12)7-22-15(23)13-10-1-2-11(6-10)14(13)20/h3-5,10-11,13-14H,1-2,6-8,20H2,(H,22,23).